The number of nitrogens with one attached hydrogen (secondary N) is 2. The number of hydrogen-bond acceptors (Lipinski definition) is 4. The molecule has 2 aliphatic rings. The molecule has 0 radical (unpaired) electrons. The van der Waals surface area contributed by atoms with E-state index in [2.05, 4.69) is 44.8 Å². The van der Waals surface area contributed by atoms with Crippen LogP contribution in [0.3, 0.4) is 0 Å². The third-order valence-corrected chi connectivity index (χ3v) is 5.40. The summed E-state index contributed by atoms with van der Waals surface area (Å²) < 4.78 is 0. The van der Waals surface area contributed by atoms with Crippen LogP contribution in [0, 0.1) is 0 Å². The average molecular weight is 350 g/mol. The molecule has 0 spiro atoms. The maximum atomic E-state index is 12.8. The van der Waals surface area contributed by atoms with Crippen LogP contribution in [0.5, 0.6) is 0 Å². The smallest absolute Gasteiger partial charge is 0.255 e. The lowest BCUT2D eigenvalue weighted by atomic mass is 10.0. The number of benzene rings is 1. The summed E-state index contributed by atoms with van der Waals surface area (Å²) in [6, 6.07) is 14.8. The molecule has 1 aromatic carbocycles. The van der Waals surface area contributed by atoms with Gasteiger partial charge in [-0.15, -0.1) is 0 Å². The fourth-order valence-corrected chi connectivity index (χ4v) is 4.01. The Labute approximate surface area is 154 Å². The highest BCUT2D eigenvalue weighted by atomic mass is 16.1. The predicted octanol–water partition coefficient (Wildman–Crippen LogP) is 2.90. The SMILES string of the molecule is O=C(NC1CCCC1)c1cccnc1N1CCNC(c2ccccc2)C1. The molecule has 1 unspecified atom stereocenters. The van der Waals surface area contributed by atoms with Gasteiger partial charge in [0.25, 0.3) is 5.91 Å². The number of anilines is 1. The first-order chi connectivity index (χ1) is 12.8. The van der Waals surface area contributed by atoms with Gasteiger partial charge in [0.15, 0.2) is 0 Å². The molecule has 5 heteroatoms. The van der Waals surface area contributed by atoms with E-state index >= 15 is 0 Å². The van der Waals surface area contributed by atoms with Gasteiger partial charge in [-0.2, -0.15) is 0 Å². The van der Waals surface area contributed by atoms with Crippen LogP contribution in [0.25, 0.3) is 0 Å². The lowest BCUT2D eigenvalue weighted by Crippen LogP contribution is -2.47. The molecule has 2 N–H and O–H groups in total. The summed E-state index contributed by atoms with van der Waals surface area (Å²) in [4.78, 5) is 19.6. The highest BCUT2D eigenvalue weighted by molar-refractivity contribution is 5.99. The first-order valence-electron chi connectivity index (χ1n) is 9.60. The van der Waals surface area contributed by atoms with E-state index in [-0.39, 0.29) is 11.9 Å². The van der Waals surface area contributed by atoms with Crippen LogP contribution in [0.1, 0.15) is 47.6 Å². The van der Waals surface area contributed by atoms with Gasteiger partial charge in [0, 0.05) is 37.9 Å². The van der Waals surface area contributed by atoms with Gasteiger partial charge in [0.05, 0.1) is 5.56 Å². The van der Waals surface area contributed by atoms with E-state index in [1.54, 1.807) is 6.20 Å². The van der Waals surface area contributed by atoms with Crippen LogP contribution in [0.4, 0.5) is 5.82 Å². The summed E-state index contributed by atoms with van der Waals surface area (Å²) in [5.74, 6) is 0.806. The Morgan fingerprint density at radius 2 is 1.92 bits per heavy atom. The second-order valence-corrected chi connectivity index (χ2v) is 7.19. The minimum Gasteiger partial charge on any atom is -0.353 e. The van der Waals surface area contributed by atoms with Crippen molar-refractivity contribution in [1.29, 1.82) is 0 Å². The zero-order chi connectivity index (χ0) is 17.8. The molecular formula is C21H26N4O. The number of nitrogens with zero attached hydrogens (tertiary/aromatic N) is 2. The van der Waals surface area contributed by atoms with Gasteiger partial charge in [-0.3, -0.25) is 4.79 Å². The Morgan fingerprint density at radius 3 is 2.73 bits per heavy atom. The van der Waals surface area contributed by atoms with Gasteiger partial charge in [-0.1, -0.05) is 43.2 Å². The van der Waals surface area contributed by atoms with Crippen molar-refractivity contribution in [2.45, 2.75) is 37.8 Å². The highest BCUT2D eigenvalue weighted by Crippen LogP contribution is 2.25. The maximum absolute atomic E-state index is 12.8. The van der Waals surface area contributed by atoms with Crippen molar-refractivity contribution in [2.24, 2.45) is 0 Å². The first-order valence-corrected chi connectivity index (χ1v) is 9.60. The Kier molecular flexibility index (Phi) is 5.16. The maximum Gasteiger partial charge on any atom is 0.255 e. The number of aromatic nitrogens is 1. The zero-order valence-electron chi connectivity index (χ0n) is 15.0. The van der Waals surface area contributed by atoms with Gasteiger partial charge < -0.3 is 15.5 Å². The van der Waals surface area contributed by atoms with Crippen molar-refractivity contribution >= 4 is 11.7 Å². The molecule has 1 atom stereocenters. The molecular weight excluding hydrogens is 324 g/mol. The molecule has 1 aliphatic carbocycles. The number of amides is 1. The molecule has 1 saturated heterocycles. The summed E-state index contributed by atoms with van der Waals surface area (Å²) >= 11 is 0. The van der Waals surface area contributed by atoms with Crippen LogP contribution in [-0.4, -0.2) is 36.6 Å². The van der Waals surface area contributed by atoms with Crippen molar-refractivity contribution in [2.75, 3.05) is 24.5 Å². The summed E-state index contributed by atoms with van der Waals surface area (Å²) in [6.45, 7) is 2.54. The summed E-state index contributed by atoms with van der Waals surface area (Å²) in [5.41, 5.74) is 1.96. The van der Waals surface area contributed by atoms with E-state index in [1.165, 1.54) is 18.4 Å². The molecule has 1 saturated carbocycles. The quantitative estimate of drug-likeness (QED) is 0.890. The number of rotatable bonds is 4. The van der Waals surface area contributed by atoms with Crippen molar-refractivity contribution in [1.82, 2.24) is 15.6 Å². The molecule has 1 aromatic heterocycles. The monoisotopic (exact) mass is 350 g/mol. The second kappa shape index (κ2) is 7.87. The van der Waals surface area contributed by atoms with Gasteiger partial charge in [0.1, 0.15) is 5.82 Å². The molecule has 4 rings (SSSR count). The Balaban J connectivity index is 1.52. The Morgan fingerprint density at radius 1 is 1.12 bits per heavy atom. The predicted molar refractivity (Wildman–Crippen MR) is 103 cm³/mol. The van der Waals surface area contributed by atoms with Crippen LogP contribution in [0.15, 0.2) is 48.7 Å². The van der Waals surface area contributed by atoms with E-state index in [0.29, 0.717) is 11.6 Å². The fraction of sp³-hybridized carbons (Fsp3) is 0.429. The minimum atomic E-state index is 0.00907. The molecule has 0 bridgehead atoms. The van der Waals surface area contributed by atoms with Gasteiger partial charge in [0.2, 0.25) is 0 Å². The first kappa shape index (κ1) is 17.0. The highest BCUT2D eigenvalue weighted by Gasteiger charge is 2.26. The van der Waals surface area contributed by atoms with Crippen LogP contribution in [-0.2, 0) is 0 Å². The Bertz CT molecular complexity index is 743. The van der Waals surface area contributed by atoms with Gasteiger partial charge in [-0.25, -0.2) is 4.98 Å². The molecule has 26 heavy (non-hydrogen) atoms. The molecule has 2 fully saturated rings. The van der Waals surface area contributed by atoms with Crippen LogP contribution >= 0.6 is 0 Å². The number of carbonyl (C=O) groups is 1. The number of pyridine rings is 1. The standard InChI is InChI=1S/C21H26N4O/c26-21(24-17-9-4-5-10-17)18-11-6-12-23-20(18)25-14-13-22-19(15-25)16-7-2-1-3-8-16/h1-3,6-8,11-12,17,19,22H,4-5,9-10,13-15H2,(H,24,26). The van der Waals surface area contributed by atoms with Crippen molar-refractivity contribution < 1.29 is 4.79 Å². The minimum absolute atomic E-state index is 0.00907. The summed E-state index contributed by atoms with van der Waals surface area (Å²) in [6.07, 6.45) is 6.38. The van der Waals surface area contributed by atoms with E-state index in [1.807, 2.05) is 18.2 Å². The molecule has 1 amide bonds. The fourth-order valence-electron chi connectivity index (χ4n) is 4.01. The molecule has 136 valence electrons. The lowest BCUT2D eigenvalue weighted by Gasteiger charge is -2.35. The number of carbonyl (C=O) groups excluding carboxylic acids is 1. The average Bonchev–Trinajstić information content (AvgIpc) is 3.22. The molecule has 2 aromatic rings. The largest absolute Gasteiger partial charge is 0.353 e. The molecule has 2 heterocycles. The lowest BCUT2D eigenvalue weighted by molar-refractivity contribution is 0.0938. The Hall–Kier alpha value is -2.40. The second-order valence-electron chi connectivity index (χ2n) is 7.19. The van der Waals surface area contributed by atoms with Gasteiger partial charge >= 0.3 is 0 Å². The normalized spacial score (nSPS) is 20.9. The third kappa shape index (κ3) is 3.73. The van der Waals surface area contributed by atoms with E-state index in [0.717, 1.165) is 38.3 Å². The van der Waals surface area contributed by atoms with E-state index in [4.69, 9.17) is 0 Å². The summed E-state index contributed by atoms with van der Waals surface area (Å²) in [7, 11) is 0. The van der Waals surface area contributed by atoms with Crippen molar-refractivity contribution in [3.8, 4) is 0 Å². The number of hydrogen-bond donors (Lipinski definition) is 2. The van der Waals surface area contributed by atoms with Crippen LogP contribution in [0.2, 0.25) is 0 Å². The van der Waals surface area contributed by atoms with Gasteiger partial charge in [-0.05, 0) is 30.5 Å². The number of piperazine rings is 1. The molecule has 5 nitrogen and oxygen atoms in total. The van der Waals surface area contributed by atoms with Crippen LogP contribution < -0.4 is 15.5 Å². The molecule has 1 aliphatic heterocycles. The third-order valence-electron chi connectivity index (χ3n) is 5.40. The van der Waals surface area contributed by atoms with Crippen molar-refractivity contribution in [3.05, 3.63) is 59.8 Å². The topological polar surface area (TPSA) is 57.3 Å². The van der Waals surface area contributed by atoms with E-state index in [9.17, 15) is 4.79 Å². The zero-order valence-corrected chi connectivity index (χ0v) is 15.0. The van der Waals surface area contributed by atoms with E-state index < -0.39 is 0 Å². The van der Waals surface area contributed by atoms with Crippen molar-refractivity contribution in [3.63, 3.8) is 0 Å². The summed E-state index contributed by atoms with van der Waals surface area (Å²) in [5, 5.41) is 6.77.